The van der Waals surface area contributed by atoms with Gasteiger partial charge >= 0.3 is 5.97 Å². The van der Waals surface area contributed by atoms with Crippen molar-refractivity contribution in [3.63, 3.8) is 0 Å². The highest BCUT2D eigenvalue weighted by atomic mass is 16.5. The highest BCUT2D eigenvalue weighted by Crippen LogP contribution is 2.33. The molecule has 1 aliphatic carbocycles. The van der Waals surface area contributed by atoms with E-state index in [1.807, 2.05) is 43.4 Å². The Morgan fingerprint density at radius 1 is 1.26 bits per heavy atom. The number of amides is 1. The van der Waals surface area contributed by atoms with Crippen LogP contribution in [0.3, 0.4) is 0 Å². The molecule has 1 amide bonds. The van der Waals surface area contributed by atoms with Gasteiger partial charge < -0.3 is 15.5 Å². The van der Waals surface area contributed by atoms with E-state index in [2.05, 4.69) is 20.8 Å². The van der Waals surface area contributed by atoms with Gasteiger partial charge in [-0.2, -0.15) is 10.0 Å². The van der Waals surface area contributed by atoms with Crippen LogP contribution in [0.5, 0.6) is 0 Å². The maximum absolute atomic E-state index is 13.4. The van der Waals surface area contributed by atoms with Gasteiger partial charge in [-0.1, -0.05) is 41.6 Å². The van der Waals surface area contributed by atoms with Crippen molar-refractivity contribution in [1.82, 2.24) is 10.2 Å². The van der Waals surface area contributed by atoms with E-state index < -0.39 is 6.17 Å². The van der Waals surface area contributed by atoms with Gasteiger partial charge in [0.2, 0.25) is 5.91 Å². The molecule has 2 heterocycles. The number of cyclic esters (lactones) is 1. The minimum absolute atomic E-state index is 0.0785. The molecule has 0 radical (unpaired) electrons. The van der Waals surface area contributed by atoms with Gasteiger partial charge in [-0.05, 0) is 48.1 Å². The van der Waals surface area contributed by atoms with E-state index in [0.717, 1.165) is 28.7 Å². The van der Waals surface area contributed by atoms with Crippen LogP contribution in [0.4, 0.5) is 0 Å². The molecule has 0 bridgehead atoms. The van der Waals surface area contributed by atoms with Gasteiger partial charge in [-0.3, -0.25) is 10.1 Å². The summed E-state index contributed by atoms with van der Waals surface area (Å²) in [4.78, 5) is 37.7. The summed E-state index contributed by atoms with van der Waals surface area (Å²) in [6.07, 6.45) is 7.83. The Hall–Kier alpha value is -3.66. The number of hydrogen-bond donors (Lipinski definition) is 2. The molecule has 3 N–H and O–H groups in total. The summed E-state index contributed by atoms with van der Waals surface area (Å²) in [7, 11) is 0. The first-order valence-corrected chi connectivity index (χ1v) is 11.9. The molecule has 0 aromatic heterocycles. The third kappa shape index (κ3) is 5.54. The zero-order chi connectivity index (χ0) is 24.8. The molecule has 1 aromatic carbocycles. The van der Waals surface area contributed by atoms with Crippen molar-refractivity contribution in [2.24, 2.45) is 21.4 Å². The summed E-state index contributed by atoms with van der Waals surface area (Å²) in [5.41, 5.74) is 5.12. The first-order chi connectivity index (χ1) is 17.0. The molecule has 4 rings (SSSR count). The fraction of sp³-hybridized carbons (Fsp3) is 0.440. The zero-order valence-corrected chi connectivity index (χ0v) is 19.8. The summed E-state index contributed by atoms with van der Waals surface area (Å²) in [5, 5.41) is 14.0. The SMILES string of the molecule is CCCN(CCCN=O)C(=O)C1=CC2=CC=C(c3ccc4c(c3)C(=O)OC4)CC2NC(N=NN)C1. The first-order valence-electron chi connectivity index (χ1n) is 11.9. The van der Waals surface area contributed by atoms with Crippen molar-refractivity contribution >= 4 is 17.4 Å². The lowest BCUT2D eigenvalue weighted by Gasteiger charge is -2.25. The van der Waals surface area contributed by atoms with Crippen LogP contribution in [0.2, 0.25) is 0 Å². The zero-order valence-electron chi connectivity index (χ0n) is 19.8. The summed E-state index contributed by atoms with van der Waals surface area (Å²) in [5.74, 6) is 4.99. The molecule has 184 valence electrons. The van der Waals surface area contributed by atoms with Crippen molar-refractivity contribution < 1.29 is 14.3 Å². The topological polar surface area (TPSA) is 139 Å². The number of esters is 1. The van der Waals surface area contributed by atoms with Crippen molar-refractivity contribution in [1.29, 1.82) is 0 Å². The normalized spacial score (nSPS) is 21.3. The number of carbonyl (C=O) groups is 2. The van der Waals surface area contributed by atoms with Crippen LogP contribution < -0.4 is 11.2 Å². The number of nitroso groups, excluding NO2 is 1. The fourth-order valence-electron chi connectivity index (χ4n) is 4.73. The number of benzene rings is 1. The van der Waals surface area contributed by atoms with Crippen molar-refractivity contribution in [2.75, 3.05) is 19.6 Å². The lowest BCUT2D eigenvalue weighted by atomic mass is 9.88. The van der Waals surface area contributed by atoms with Crippen LogP contribution in [-0.4, -0.2) is 48.6 Å². The van der Waals surface area contributed by atoms with Crippen molar-refractivity contribution in [3.05, 3.63) is 69.2 Å². The van der Waals surface area contributed by atoms with Gasteiger partial charge in [0.1, 0.15) is 12.8 Å². The lowest BCUT2D eigenvalue weighted by Crippen LogP contribution is -2.39. The van der Waals surface area contributed by atoms with Crippen LogP contribution >= 0.6 is 0 Å². The number of allylic oxidation sites excluding steroid dienone is 2. The first kappa shape index (κ1) is 24.5. The lowest BCUT2D eigenvalue weighted by molar-refractivity contribution is -0.127. The largest absolute Gasteiger partial charge is 0.457 e. The molecule has 10 heteroatoms. The minimum atomic E-state index is -0.458. The number of ether oxygens (including phenoxy) is 1. The monoisotopic (exact) mass is 478 g/mol. The highest BCUT2D eigenvalue weighted by Gasteiger charge is 2.30. The Morgan fingerprint density at radius 3 is 2.89 bits per heavy atom. The molecule has 0 spiro atoms. The molecule has 3 aliphatic rings. The molecule has 0 saturated carbocycles. The van der Waals surface area contributed by atoms with E-state index in [9.17, 15) is 14.5 Å². The van der Waals surface area contributed by atoms with Gasteiger partial charge in [0.05, 0.1) is 12.1 Å². The number of fused-ring (bicyclic) bond motifs is 2. The molecule has 2 unspecified atom stereocenters. The fourth-order valence-corrected chi connectivity index (χ4v) is 4.73. The maximum atomic E-state index is 13.4. The predicted octanol–water partition coefficient (Wildman–Crippen LogP) is 3.41. The van der Waals surface area contributed by atoms with Crippen LogP contribution in [0.1, 0.15) is 54.1 Å². The van der Waals surface area contributed by atoms with Crippen LogP contribution in [-0.2, 0) is 16.1 Å². The average molecular weight is 479 g/mol. The van der Waals surface area contributed by atoms with Crippen molar-refractivity contribution in [2.45, 2.75) is 51.4 Å². The van der Waals surface area contributed by atoms with E-state index in [4.69, 9.17) is 10.6 Å². The van der Waals surface area contributed by atoms with Crippen LogP contribution in [0, 0.1) is 4.91 Å². The average Bonchev–Trinajstić information content (AvgIpc) is 3.13. The number of carbonyl (C=O) groups excluding carboxylic acids is 2. The molecular formula is C25H30N6O4. The van der Waals surface area contributed by atoms with Crippen molar-refractivity contribution in [3.8, 4) is 0 Å². The summed E-state index contributed by atoms with van der Waals surface area (Å²) < 4.78 is 5.13. The Kier molecular flexibility index (Phi) is 7.81. The van der Waals surface area contributed by atoms with Crippen LogP contribution in [0.15, 0.2) is 63.1 Å². The van der Waals surface area contributed by atoms with Gasteiger partial charge in [0.25, 0.3) is 0 Å². The number of nitrogens with one attached hydrogen (secondary N) is 1. The quantitative estimate of drug-likeness (QED) is 0.139. The third-order valence-electron chi connectivity index (χ3n) is 6.45. The van der Waals surface area contributed by atoms with Gasteiger partial charge in [0, 0.05) is 36.7 Å². The van der Waals surface area contributed by atoms with E-state index in [1.165, 1.54) is 0 Å². The second-order valence-electron chi connectivity index (χ2n) is 8.85. The van der Waals surface area contributed by atoms with Crippen LogP contribution in [0.25, 0.3) is 5.57 Å². The molecule has 2 aliphatic heterocycles. The number of nitrogens with two attached hydrogens (primary N) is 1. The molecule has 2 atom stereocenters. The Balaban J connectivity index is 1.62. The van der Waals surface area contributed by atoms with E-state index in [-0.39, 0.29) is 24.5 Å². The van der Waals surface area contributed by atoms with E-state index in [1.54, 1.807) is 4.90 Å². The molecular weight excluding hydrogens is 448 g/mol. The van der Waals surface area contributed by atoms with Gasteiger partial charge in [-0.25, -0.2) is 4.79 Å². The third-order valence-corrected chi connectivity index (χ3v) is 6.45. The molecule has 1 aromatic rings. The highest BCUT2D eigenvalue weighted by molar-refractivity contribution is 5.95. The summed E-state index contributed by atoms with van der Waals surface area (Å²) >= 11 is 0. The van der Waals surface area contributed by atoms with Gasteiger partial charge in [0.15, 0.2) is 0 Å². The summed E-state index contributed by atoms with van der Waals surface area (Å²) in [6, 6.07) is 5.71. The predicted molar refractivity (Wildman–Crippen MR) is 131 cm³/mol. The Morgan fingerprint density at radius 2 is 2.11 bits per heavy atom. The van der Waals surface area contributed by atoms with Gasteiger partial charge in [-0.15, -0.1) is 0 Å². The number of hydrogen-bond acceptors (Lipinski definition) is 8. The Labute approximate surface area is 203 Å². The minimum Gasteiger partial charge on any atom is -0.457 e. The summed E-state index contributed by atoms with van der Waals surface area (Å²) in [6.45, 7) is 3.57. The Bertz CT molecular complexity index is 1120. The second kappa shape index (κ2) is 11.2. The standard InChI is InChI=1S/C25H30N6O4/c1-2-9-31(10-3-8-27-34)24(32)20-11-18-6-4-17(13-22(18)28-23(14-20)29-30-26)16-5-7-19-15-35-25(33)21(19)12-16/h4-7,11-12,22-23,28H,2-3,8-10,13-15H2,1H3,(H2,26,29). The smallest absolute Gasteiger partial charge is 0.338 e. The number of nitrogens with zero attached hydrogens (tertiary/aromatic N) is 4. The molecule has 0 saturated heterocycles. The molecule has 10 nitrogen and oxygen atoms in total. The van der Waals surface area contributed by atoms with E-state index >= 15 is 0 Å². The maximum Gasteiger partial charge on any atom is 0.338 e. The number of rotatable bonds is 9. The molecule has 0 fully saturated rings. The molecule has 35 heavy (non-hydrogen) atoms. The second-order valence-corrected chi connectivity index (χ2v) is 8.85. The van der Waals surface area contributed by atoms with E-state index in [0.29, 0.717) is 50.1 Å².